The minimum absolute atomic E-state index is 0.145. The number of rotatable bonds is 5. The first-order valence-corrected chi connectivity index (χ1v) is 7.96. The average Bonchev–Trinajstić information content (AvgIpc) is 2.54. The van der Waals surface area contributed by atoms with Gasteiger partial charge in [0.05, 0.1) is 6.61 Å². The Labute approximate surface area is 137 Å². The molecule has 2 aromatic rings. The summed E-state index contributed by atoms with van der Waals surface area (Å²) in [5.74, 6) is 0.401. The minimum atomic E-state index is -1.68. The predicted octanol–water partition coefficient (Wildman–Crippen LogP) is 0.109. The Balaban J connectivity index is 2.78. The first-order valence-electron chi connectivity index (χ1n) is 6.73. The fourth-order valence-electron chi connectivity index (χ4n) is 2.02. The highest BCUT2D eigenvalue weighted by Crippen LogP contribution is 2.30. The zero-order chi connectivity index (χ0) is 17.0. The van der Waals surface area contributed by atoms with Crippen LogP contribution < -0.4 is 15.8 Å². The maximum absolute atomic E-state index is 12.0. The van der Waals surface area contributed by atoms with Crippen LogP contribution >= 0.6 is 11.8 Å². The van der Waals surface area contributed by atoms with E-state index in [0.29, 0.717) is 23.1 Å². The Morgan fingerprint density at radius 1 is 1.48 bits per heavy atom. The number of nitrogens with zero attached hydrogens (tertiary/aromatic N) is 2. The number of H-pyrrole nitrogens is 1. The summed E-state index contributed by atoms with van der Waals surface area (Å²) in [6, 6.07) is 6.33. The van der Waals surface area contributed by atoms with Crippen molar-refractivity contribution in [2.75, 3.05) is 12.9 Å². The molecule has 0 saturated carbocycles. The van der Waals surface area contributed by atoms with E-state index in [4.69, 9.17) is 4.74 Å². The highest BCUT2D eigenvalue weighted by atomic mass is 32.2. The molecular formula is C14H14BN3O4S. The van der Waals surface area contributed by atoms with Gasteiger partial charge in [0.2, 0.25) is 0 Å². The van der Waals surface area contributed by atoms with Crippen molar-refractivity contribution in [3.8, 4) is 23.1 Å². The third-order valence-corrected chi connectivity index (χ3v) is 3.64. The maximum atomic E-state index is 12.0. The van der Waals surface area contributed by atoms with Crippen LogP contribution in [0.5, 0.6) is 5.75 Å². The highest BCUT2D eigenvalue weighted by Gasteiger charge is 2.20. The van der Waals surface area contributed by atoms with E-state index in [1.165, 1.54) is 23.9 Å². The van der Waals surface area contributed by atoms with E-state index in [9.17, 15) is 20.1 Å². The lowest BCUT2D eigenvalue weighted by atomic mass is 9.79. The van der Waals surface area contributed by atoms with Crippen molar-refractivity contribution in [1.29, 1.82) is 5.26 Å². The number of thioether (sulfide) groups is 1. The zero-order valence-corrected chi connectivity index (χ0v) is 13.3. The molecule has 0 unspecified atom stereocenters. The van der Waals surface area contributed by atoms with Crippen LogP contribution in [-0.2, 0) is 0 Å². The molecule has 0 bridgehead atoms. The van der Waals surface area contributed by atoms with E-state index in [1.54, 1.807) is 19.2 Å². The summed E-state index contributed by atoms with van der Waals surface area (Å²) in [7, 11) is -1.68. The normalized spacial score (nSPS) is 10.2. The van der Waals surface area contributed by atoms with Crippen molar-refractivity contribution in [3.63, 3.8) is 0 Å². The van der Waals surface area contributed by atoms with E-state index in [0.717, 1.165) is 0 Å². The fraction of sp³-hybridized carbons (Fsp3) is 0.214. The van der Waals surface area contributed by atoms with Gasteiger partial charge in [-0.25, -0.2) is 4.98 Å². The Bertz CT molecular complexity index is 817. The molecule has 0 aliphatic heterocycles. The molecule has 3 N–H and O–H groups in total. The van der Waals surface area contributed by atoms with Crippen molar-refractivity contribution in [1.82, 2.24) is 9.97 Å². The van der Waals surface area contributed by atoms with Crippen LogP contribution in [0.25, 0.3) is 11.3 Å². The quantitative estimate of drug-likeness (QED) is 0.404. The summed E-state index contributed by atoms with van der Waals surface area (Å²) >= 11 is 1.23. The number of aromatic amines is 1. The lowest BCUT2D eigenvalue weighted by Gasteiger charge is -2.13. The van der Waals surface area contributed by atoms with Crippen molar-refractivity contribution in [2.45, 2.75) is 12.1 Å². The van der Waals surface area contributed by atoms with Gasteiger partial charge in [-0.2, -0.15) is 5.26 Å². The van der Waals surface area contributed by atoms with Gasteiger partial charge in [-0.15, -0.1) is 0 Å². The van der Waals surface area contributed by atoms with E-state index in [-0.39, 0.29) is 16.7 Å². The standard InChI is InChI=1S/C14H14BN3O4S/c1-3-22-11-5-4-8(15(20)21)6-9(11)12-10(7-16)13(19)18-14(17-12)23-2/h4-6,20-21H,3H2,1-2H3,(H,17,18,19). The number of hydrogen-bond acceptors (Lipinski definition) is 7. The van der Waals surface area contributed by atoms with Gasteiger partial charge in [0, 0.05) is 5.56 Å². The van der Waals surface area contributed by atoms with Crippen molar-refractivity contribution in [3.05, 3.63) is 34.1 Å². The molecule has 23 heavy (non-hydrogen) atoms. The minimum Gasteiger partial charge on any atom is -0.493 e. The van der Waals surface area contributed by atoms with Gasteiger partial charge in [-0.1, -0.05) is 17.8 Å². The van der Waals surface area contributed by atoms with Crippen LogP contribution in [0.1, 0.15) is 12.5 Å². The zero-order valence-electron chi connectivity index (χ0n) is 12.5. The second kappa shape index (κ2) is 7.33. The van der Waals surface area contributed by atoms with Gasteiger partial charge < -0.3 is 19.8 Å². The van der Waals surface area contributed by atoms with Crippen LogP contribution in [-0.4, -0.2) is 40.0 Å². The smallest absolute Gasteiger partial charge is 0.488 e. The second-order valence-electron chi connectivity index (χ2n) is 4.47. The molecule has 118 valence electrons. The van der Waals surface area contributed by atoms with Crippen LogP contribution in [0.3, 0.4) is 0 Å². The van der Waals surface area contributed by atoms with Gasteiger partial charge in [-0.05, 0) is 30.8 Å². The van der Waals surface area contributed by atoms with E-state index < -0.39 is 12.7 Å². The summed E-state index contributed by atoms with van der Waals surface area (Å²) in [6.07, 6.45) is 1.74. The monoisotopic (exact) mass is 331 g/mol. The van der Waals surface area contributed by atoms with Gasteiger partial charge in [0.25, 0.3) is 5.56 Å². The first kappa shape index (κ1) is 17.1. The molecule has 0 aliphatic rings. The molecule has 0 saturated heterocycles. The number of nitrogens with one attached hydrogen (secondary N) is 1. The average molecular weight is 331 g/mol. The van der Waals surface area contributed by atoms with Crippen LogP contribution in [0.15, 0.2) is 28.2 Å². The van der Waals surface area contributed by atoms with E-state index >= 15 is 0 Å². The molecule has 0 atom stereocenters. The van der Waals surface area contributed by atoms with E-state index in [2.05, 4.69) is 9.97 Å². The molecular weight excluding hydrogens is 317 g/mol. The lowest BCUT2D eigenvalue weighted by molar-refractivity contribution is 0.341. The topological polar surface area (TPSA) is 119 Å². The van der Waals surface area contributed by atoms with Crippen LogP contribution in [0.2, 0.25) is 0 Å². The molecule has 2 rings (SSSR count). The molecule has 0 spiro atoms. The third kappa shape index (κ3) is 3.56. The van der Waals surface area contributed by atoms with Gasteiger partial charge in [0.15, 0.2) is 5.16 Å². The van der Waals surface area contributed by atoms with Crippen molar-refractivity contribution in [2.24, 2.45) is 0 Å². The summed E-state index contributed by atoms with van der Waals surface area (Å²) in [4.78, 5) is 18.8. The number of aromatic nitrogens is 2. The first-order chi connectivity index (χ1) is 11.0. The Kier molecular flexibility index (Phi) is 5.44. The van der Waals surface area contributed by atoms with Gasteiger partial charge in [0.1, 0.15) is 23.1 Å². The number of nitriles is 1. The molecule has 7 nitrogen and oxygen atoms in total. The molecule has 1 aromatic carbocycles. The fourth-order valence-corrected chi connectivity index (χ4v) is 2.40. The maximum Gasteiger partial charge on any atom is 0.488 e. The Morgan fingerprint density at radius 2 is 2.22 bits per heavy atom. The van der Waals surface area contributed by atoms with Crippen LogP contribution in [0.4, 0.5) is 0 Å². The summed E-state index contributed by atoms with van der Waals surface area (Å²) in [5.41, 5.74) is -0.00495. The lowest BCUT2D eigenvalue weighted by Crippen LogP contribution is -2.30. The predicted molar refractivity (Wildman–Crippen MR) is 87.8 cm³/mol. The molecule has 0 fully saturated rings. The van der Waals surface area contributed by atoms with Crippen molar-refractivity contribution < 1.29 is 14.8 Å². The Morgan fingerprint density at radius 3 is 2.78 bits per heavy atom. The molecule has 0 radical (unpaired) electrons. The SMILES string of the molecule is CCOc1ccc(B(O)O)cc1-c1nc(SC)[nH]c(=O)c1C#N. The number of hydrogen-bond donors (Lipinski definition) is 3. The molecule has 9 heteroatoms. The van der Waals surface area contributed by atoms with Crippen LogP contribution in [0, 0.1) is 11.3 Å². The third-order valence-electron chi connectivity index (χ3n) is 3.06. The summed E-state index contributed by atoms with van der Waals surface area (Å²) in [6.45, 7) is 2.16. The molecule has 1 heterocycles. The largest absolute Gasteiger partial charge is 0.493 e. The second-order valence-corrected chi connectivity index (χ2v) is 5.27. The molecule has 0 aliphatic carbocycles. The van der Waals surface area contributed by atoms with Gasteiger partial charge >= 0.3 is 7.12 Å². The van der Waals surface area contributed by atoms with Crippen molar-refractivity contribution >= 4 is 24.3 Å². The summed E-state index contributed by atoms with van der Waals surface area (Å²) in [5, 5.41) is 28.3. The van der Waals surface area contributed by atoms with E-state index in [1.807, 2.05) is 6.07 Å². The Hall–Kier alpha value is -2.28. The molecule has 0 amide bonds. The number of benzene rings is 1. The molecule has 1 aromatic heterocycles. The highest BCUT2D eigenvalue weighted by molar-refractivity contribution is 7.98. The van der Waals surface area contributed by atoms with Gasteiger partial charge in [-0.3, -0.25) is 4.79 Å². The summed E-state index contributed by atoms with van der Waals surface area (Å²) < 4.78 is 5.51. The number of ether oxygens (including phenoxy) is 1.